The molecule has 1 aliphatic carbocycles. The molecule has 0 unspecified atom stereocenters. The molecular formula is C14H16O3. The Hall–Kier alpha value is -1.77. The van der Waals surface area contributed by atoms with Gasteiger partial charge in [0.1, 0.15) is 5.75 Å². The lowest BCUT2D eigenvalue weighted by Gasteiger charge is -2.07. The summed E-state index contributed by atoms with van der Waals surface area (Å²) in [4.78, 5) is 10.3. The highest BCUT2D eigenvalue weighted by molar-refractivity contribution is 5.66. The van der Waals surface area contributed by atoms with Gasteiger partial charge in [-0.2, -0.15) is 0 Å². The fourth-order valence-electron chi connectivity index (χ4n) is 1.89. The van der Waals surface area contributed by atoms with Gasteiger partial charge in [-0.15, -0.1) is 0 Å². The van der Waals surface area contributed by atoms with Gasteiger partial charge in [0, 0.05) is 6.42 Å². The minimum atomic E-state index is -0.743. The van der Waals surface area contributed by atoms with Crippen LogP contribution in [-0.2, 0) is 11.2 Å². The zero-order valence-corrected chi connectivity index (χ0v) is 9.69. The van der Waals surface area contributed by atoms with E-state index in [9.17, 15) is 4.79 Å². The Morgan fingerprint density at radius 3 is 3.06 bits per heavy atom. The fourth-order valence-corrected chi connectivity index (χ4v) is 1.89. The van der Waals surface area contributed by atoms with E-state index in [1.807, 2.05) is 12.1 Å². The lowest BCUT2D eigenvalue weighted by molar-refractivity contribution is -0.137. The topological polar surface area (TPSA) is 46.5 Å². The second kappa shape index (κ2) is 5.53. The van der Waals surface area contributed by atoms with Gasteiger partial charge >= 0.3 is 5.97 Å². The van der Waals surface area contributed by atoms with Crippen LogP contribution in [0.5, 0.6) is 5.75 Å². The smallest absolute Gasteiger partial charge is 0.303 e. The van der Waals surface area contributed by atoms with Gasteiger partial charge in [0.05, 0.1) is 6.61 Å². The molecule has 3 heteroatoms. The molecule has 0 saturated heterocycles. The molecule has 0 heterocycles. The summed E-state index contributed by atoms with van der Waals surface area (Å²) in [6, 6.07) is 6.10. The van der Waals surface area contributed by atoms with Gasteiger partial charge in [-0.3, -0.25) is 4.79 Å². The molecule has 3 nitrogen and oxygen atoms in total. The Bertz CT molecular complexity index is 435. The molecule has 0 bridgehead atoms. The number of carboxylic acids is 1. The van der Waals surface area contributed by atoms with E-state index in [0.29, 0.717) is 13.0 Å². The molecule has 17 heavy (non-hydrogen) atoms. The molecule has 2 rings (SSSR count). The van der Waals surface area contributed by atoms with E-state index in [2.05, 4.69) is 18.2 Å². The Morgan fingerprint density at radius 1 is 1.35 bits per heavy atom. The number of carbonyl (C=O) groups is 1. The molecule has 0 radical (unpaired) electrons. The number of carboxylic acid groups (broad SMARTS) is 1. The van der Waals surface area contributed by atoms with Crippen LogP contribution in [-0.4, -0.2) is 17.7 Å². The molecule has 0 atom stereocenters. The van der Waals surface area contributed by atoms with Crippen LogP contribution < -0.4 is 4.74 Å². The largest absolute Gasteiger partial charge is 0.494 e. The van der Waals surface area contributed by atoms with Crippen LogP contribution in [0.15, 0.2) is 24.3 Å². The quantitative estimate of drug-likeness (QED) is 0.767. The molecule has 1 aromatic carbocycles. The van der Waals surface area contributed by atoms with Crippen molar-refractivity contribution in [2.24, 2.45) is 0 Å². The first-order valence-electron chi connectivity index (χ1n) is 5.90. The van der Waals surface area contributed by atoms with Crippen LogP contribution in [0.4, 0.5) is 0 Å². The number of hydrogen-bond acceptors (Lipinski definition) is 2. The van der Waals surface area contributed by atoms with Crippen LogP contribution in [0.3, 0.4) is 0 Å². The molecule has 0 aromatic heterocycles. The zero-order valence-electron chi connectivity index (χ0n) is 9.69. The summed E-state index contributed by atoms with van der Waals surface area (Å²) in [5, 5.41) is 8.49. The SMILES string of the molecule is O=C(O)CCCCOc1ccc2c(c1)C=CC2. The normalized spacial score (nSPS) is 12.5. The van der Waals surface area contributed by atoms with E-state index in [4.69, 9.17) is 9.84 Å². The average molecular weight is 232 g/mol. The molecule has 1 aromatic rings. The fraction of sp³-hybridized carbons (Fsp3) is 0.357. The van der Waals surface area contributed by atoms with E-state index >= 15 is 0 Å². The molecule has 1 aliphatic rings. The van der Waals surface area contributed by atoms with Crippen LogP contribution in [0.1, 0.15) is 30.4 Å². The van der Waals surface area contributed by atoms with Gasteiger partial charge in [0.25, 0.3) is 0 Å². The second-order valence-electron chi connectivity index (χ2n) is 4.17. The van der Waals surface area contributed by atoms with E-state index in [-0.39, 0.29) is 6.42 Å². The monoisotopic (exact) mass is 232 g/mol. The van der Waals surface area contributed by atoms with Crippen LogP contribution in [0.25, 0.3) is 6.08 Å². The molecular weight excluding hydrogens is 216 g/mol. The number of benzene rings is 1. The lowest BCUT2D eigenvalue weighted by Crippen LogP contribution is -2.00. The first-order valence-corrected chi connectivity index (χ1v) is 5.90. The number of ether oxygens (including phenoxy) is 1. The van der Waals surface area contributed by atoms with Gasteiger partial charge in [-0.1, -0.05) is 18.2 Å². The maximum absolute atomic E-state index is 10.3. The minimum absolute atomic E-state index is 0.219. The van der Waals surface area contributed by atoms with Gasteiger partial charge in [-0.05, 0) is 42.5 Å². The van der Waals surface area contributed by atoms with Crippen molar-refractivity contribution in [1.29, 1.82) is 0 Å². The number of allylic oxidation sites excluding steroid dienone is 1. The summed E-state index contributed by atoms with van der Waals surface area (Å²) < 4.78 is 5.59. The van der Waals surface area contributed by atoms with E-state index in [1.54, 1.807) is 0 Å². The molecule has 0 fully saturated rings. The number of unbranched alkanes of at least 4 members (excludes halogenated alkanes) is 1. The van der Waals surface area contributed by atoms with Crippen LogP contribution in [0, 0.1) is 0 Å². The number of rotatable bonds is 6. The maximum Gasteiger partial charge on any atom is 0.303 e. The highest BCUT2D eigenvalue weighted by Gasteiger charge is 2.05. The van der Waals surface area contributed by atoms with Crippen molar-refractivity contribution < 1.29 is 14.6 Å². The third-order valence-corrected chi connectivity index (χ3v) is 2.81. The Kier molecular flexibility index (Phi) is 3.81. The van der Waals surface area contributed by atoms with E-state index < -0.39 is 5.97 Å². The lowest BCUT2D eigenvalue weighted by atomic mass is 10.1. The van der Waals surface area contributed by atoms with Crippen molar-refractivity contribution in [3.63, 3.8) is 0 Å². The summed E-state index contributed by atoms with van der Waals surface area (Å²) in [5.74, 6) is 0.123. The summed E-state index contributed by atoms with van der Waals surface area (Å²) in [5.41, 5.74) is 2.57. The second-order valence-corrected chi connectivity index (χ2v) is 4.17. The first kappa shape index (κ1) is 11.7. The van der Waals surface area contributed by atoms with Crippen LogP contribution in [0.2, 0.25) is 0 Å². The Balaban J connectivity index is 1.76. The van der Waals surface area contributed by atoms with Crippen molar-refractivity contribution in [1.82, 2.24) is 0 Å². The van der Waals surface area contributed by atoms with Crippen molar-refractivity contribution in [2.45, 2.75) is 25.7 Å². The average Bonchev–Trinajstić information content (AvgIpc) is 2.75. The van der Waals surface area contributed by atoms with Gasteiger partial charge in [-0.25, -0.2) is 0 Å². The Morgan fingerprint density at radius 2 is 2.24 bits per heavy atom. The van der Waals surface area contributed by atoms with Crippen LogP contribution >= 0.6 is 0 Å². The van der Waals surface area contributed by atoms with E-state index in [0.717, 1.165) is 18.6 Å². The summed E-state index contributed by atoms with van der Waals surface area (Å²) in [6.45, 7) is 0.579. The third-order valence-electron chi connectivity index (χ3n) is 2.81. The molecule has 1 N–H and O–H groups in total. The standard InChI is InChI=1S/C14H16O3/c15-14(16)6-1-2-9-17-13-8-7-11-4-3-5-12(11)10-13/h3,5,7-8,10H,1-2,4,6,9H2,(H,15,16). The molecule has 90 valence electrons. The minimum Gasteiger partial charge on any atom is -0.494 e. The van der Waals surface area contributed by atoms with Crippen molar-refractivity contribution in [3.05, 3.63) is 35.4 Å². The molecule has 0 spiro atoms. The summed E-state index contributed by atoms with van der Waals surface area (Å²) in [6.07, 6.45) is 6.91. The van der Waals surface area contributed by atoms with Gasteiger partial charge in [0.2, 0.25) is 0 Å². The van der Waals surface area contributed by atoms with Gasteiger partial charge in [0.15, 0.2) is 0 Å². The highest BCUT2D eigenvalue weighted by Crippen LogP contribution is 2.24. The third kappa shape index (κ3) is 3.34. The Labute approximate surface area is 101 Å². The highest BCUT2D eigenvalue weighted by atomic mass is 16.5. The maximum atomic E-state index is 10.3. The molecule has 0 amide bonds. The van der Waals surface area contributed by atoms with Crippen molar-refractivity contribution in [2.75, 3.05) is 6.61 Å². The van der Waals surface area contributed by atoms with Crippen molar-refractivity contribution in [3.8, 4) is 5.75 Å². The van der Waals surface area contributed by atoms with Gasteiger partial charge < -0.3 is 9.84 Å². The predicted molar refractivity (Wildman–Crippen MR) is 66.2 cm³/mol. The zero-order chi connectivity index (χ0) is 12.1. The molecule has 0 aliphatic heterocycles. The van der Waals surface area contributed by atoms with E-state index in [1.165, 1.54) is 11.1 Å². The number of fused-ring (bicyclic) bond motifs is 1. The number of aliphatic carboxylic acids is 1. The molecule has 0 saturated carbocycles. The van der Waals surface area contributed by atoms with Crippen molar-refractivity contribution >= 4 is 12.0 Å². The summed E-state index contributed by atoms with van der Waals surface area (Å²) in [7, 11) is 0. The summed E-state index contributed by atoms with van der Waals surface area (Å²) >= 11 is 0. The predicted octanol–water partition coefficient (Wildman–Crippen LogP) is 2.89. The first-order chi connectivity index (χ1) is 8.25. The number of hydrogen-bond donors (Lipinski definition) is 1.